The average Bonchev–Trinajstić information content (AvgIpc) is 2.59. The van der Waals surface area contributed by atoms with Gasteiger partial charge in [-0.15, -0.1) is 0 Å². The summed E-state index contributed by atoms with van der Waals surface area (Å²) in [5.74, 6) is 1.19. The molecule has 3 rings (SSSR count). The standard InChI is InChI=1S/C22H25NO3/c1-15-13-17(22(2,3)4)7-5-16(15)6-10-21(24)23-18-8-9-19-20(14-18)26-12-11-25-19/h5-10,13-14H,11-12H2,1-4H3,(H,23,24)/b10-6+. The van der Waals surface area contributed by atoms with Crippen molar-refractivity contribution in [2.45, 2.75) is 33.1 Å². The number of nitrogens with one attached hydrogen (secondary N) is 1. The Bertz CT molecular complexity index is 847. The second-order valence-corrected chi connectivity index (χ2v) is 7.50. The summed E-state index contributed by atoms with van der Waals surface area (Å²) >= 11 is 0. The van der Waals surface area contributed by atoms with E-state index < -0.39 is 0 Å². The van der Waals surface area contributed by atoms with Crippen molar-refractivity contribution in [3.8, 4) is 11.5 Å². The van der Waals surface area contributed by atoms with E-state index >= 15 is 0 Å². The molecule has 0 saturated heterocycles. The molecule has 0 spiro atoms. The van der Waals surface area contributed by atoms with Gasteiger partial charge in [0.2, 0.25) is 5.91 Å². The molecule has 0 radical (unpaired) electrons. The predicted octanol–water partition coefficient (Wildman–Crippen LogP) is 4.72. The fourth-order valence-corrected chi connectivity index (χ4v) is 2.80. The van der Waals surface area contributed by atoms with Crippen LogP contribution >= 0.6 is 0 Å². The Kier molecular flexibility index (Phi) is 5.03. The summed E-state index contributed by atoms with van der Waals surface area (Å²) in [6, 6.07) is 11.8. The fraction of sp³-hybridized carbons (Fsp3) is 0.318. The third kappa shape index (κ3) is 4.26. The Labute approximate surface area is 154 Å². The largest absolute Gasteiger partial charge is 0.486 e. The van der Waals surface area contributed by atoms with Crippen molar-refractivity contribution in [1.29, 1.82) is 0 Å². The normalized spacial score (nSPS) is 13.7. The lowest BCUT2D eigenvalue weighted by atomic mass is 9.85. The van der Waals surface area contributed by atoms with Crippen molar-refractivity contribution in [1.82, 2.24) is 0 Å². The molecular formula is C22H25NO3. The first kappa shape index (κ1) is 18.1. The molecule has 0 fully saturated rings. The Balaban J connectivity index is 1.68. The quantitative estimate of drug-likeness (QED) is 0.814. The number of anilines is 1. The van der Waals surface area contributed by atoms with Gasteiger partial charge in [0, 0.05) is 17.8 Å². The predicted molar refractivity (Wildman–Crippen MR) is 105 cm³/mol. The zero-order valence-electron chi connectivity index (χ0n) is 15.8. The SMILES string of the molecule is Cc1cc(C(C)(C)C)ccc1/C=C/C(=O)Nc1ccc2c(c1)OCCO2. The molecule has 0 saturated carbocycles. The van der Waals surface area contributed by atoms with Crippen LogP contribution in [0.5, 0.6) is 11.5 Å². The molecular weight excluding hydrogens is 326 g/mol. The number of aryl methyl sites for hydroxylation is 1. The molecule has 2 aromatic rings. The van der Waals surface area contributed by atoms with Crippen LogP contribution in [-0.4, -0.2) is 19.1 Å². The fourth-order valence-electron chi connectivity index (χ4n) is 2.80. The van der Waals surface area contributed by atoms with E-state index in [9.17, 15) is 4.79 Å². The third-order valence-corrected chi connectivity index (χ3v) is 4.36. The highest BCUT2D eigenvalue weighted by Crippen LogP contribution is 2.32. The van der Waals surface area contributed by atoms with Crippen molar-refractivity contribution in [3.63, 3.8) is 0 Å². The highest BCUT2D eigenvalue weighted by Gasteiger charge is 2.14. The topological polar surface area (TPSA) is 47.6 Å². The molecule has 1 aliphatic heterocycles. The summed E-state index contributed by atoms with van der Waals surface area (Å²) in [5.41, 5.74) is 4.27. The number of carbonyl (C=O) groups is 1. The summed E-state index contributed by atoms with van der Waals surface area (Å²) in [7, 11) is 0. The van der Waals surface area contributed by atoms with Crippen LogP contribution in [0.1, 0.15) is 37.5 Å². The molecule has 26 heavy (non-hydrogen) atoms. The highest BCUT2D eigenvalue weighted by molar-refractivity contribution is 6.02. The number of carbonyl (C=O) groups excluding carboxylic acids is 1. The van der Waals surface area contributed by atoms with E-state index in [-0.39, 0.29) is 11.3 Å². The first-order valence-corrected chi connectivity index (χ1v) is 8.83. The van der Waals surface area contributed by atoms with Gasteiger partial charge in [0.25, 0.3) is 0 Å². The molecule has 0 unspecified atom stereocenters. The maximum Gasteiger partial charge on any atom is 0.248 e. The number of benzene rings is 2. The second kappa shape index (κ2) is 7.24. The van der Waals surface area contributed by atoms with Crippen molar-refractivity contribution < 1.29 is 14.3 Å². The minimum atomic E-state index is -0.180. The summed E-state index contributed by atoms with van der Waals surface area (Å²) in [4.78, 5) is 12.2. The number of amides is 1. The summed E-state index contributed by atoms with van der Waals surface area (Å²) in [6.45, 7) is 9.71. The zero-order valence-corrected chi connectivity index (χ0v) is 15.8. The molecule has 1 aliphatic rings. The lowest BCUT2D eigenvalue weighted by molar-refractivity contribution is -0.111. The van der Waals surface area contributed by atoms with Crippen molar-refractivity contribution in [3.05, 3.63) is 59.2 Å². The molecule has 0 bridgehead atoms. The van der Waals surface area contributed by atoms with Crippen molar-refractivity contribution >= 4 is 17.7 Å². The molecule has 136 valence electrons. The van der Waals surface area contributed by atoms with Gasteiger partial charge >= 0.3 is 0 Å². The number of hydrogen-bond donors (Lipinski definition) is 1. The summed E-state index contributed by atoms with van der Waals surface area (Å²) in [6.07, 6.45) is 3.39. The smallest absolute Gasteiger partial charge is 0.248 e. The molecule has 4 nitrogen and oxygen atoms in total. The molecule has 1 N–H and O–H groups in total. The van der Waals surface area contributed by atoms with Gasteiger partial charge in [-0.05, 0) is 47.2 Å². The monoisotopic (exact) mass is 351 g/mol. The second-order valence-electron chi connectivity index (χ2n) is 7.50. The zero-order chi connectivity index (χ0) is 18.7. The number of fused-ring (bicyclic) bond motifs is 1. The van der Waals surface area contributed by atoms with E-state index in [1.165, 1.54) is 5.56 Å². The van der Waals surface area contributed by atoms with E-state index in [1.807, 2.05) is 18.2 Å². The Morgan fingerprint density at radius 2 is 1.77 bits per heavy atom. The Morgan fingerprint density at radius 1 is 1.04 bits per heavy atom. The van der Waals surface area contributed by atoms with Crippen molar-refractivity contribution in [2.75, 3.05) is 18.5 Å². The average molecular weight is 351 g/mol. The number of hydrogen-bond acceptors (Lipinski definition) is 3. The van der Waals surface area contributed by atoms with E-state index in [1.54, 1.807) is 12.1 Å². The molecule has 0 aliphatic carbocycles. The van der Waals surface area contributed by atoms with Crippen molar-refractivity contribution in [2.24, 2.45) is 0 Å². The minimum Gasteiger partial charge on any atom is -0.486 e. The van der Waals surface area contributed by atoms with Gasteiger partial charge in [-0.25, -0.2) is 0 Å². The first-order valence-electron chi connectivity index (χ1n) is 8.83. The molecule has 0 atom stereocenters. The molecule has 4 heteroatoms. The highest BCUT2D eigenvalue weighted by atomic mass is 16.6. The van der Waals surface area contributed by atoms with Crippen LogP contribution in [0.3, 0.4) is 0 Å². The number of rotatable bonds is 3. The molecule has 0 aromatic heterocycles. The molecule has 1 heterocycles. The van der Waals surface area contributed by atoms with Gasteiger partial charge in [-0.1, -0.05) is 39.0 Å². The van der Waals surface area contributed by atoms with E-state index in [0.717, 1.165) is 11.1 Å². The molecule has 2 aromatic carbocycles. The van der Waals surface area contributed by atoms with Crippen LogP contribution in [0.15, 0.2) is 42.5 Å². The third-order valence-electron chi connectivity index (χ3n) is 4.36. The first-order chi connectivity index (χ1) is 12.3. The van der Waals surface area contributed by atoms with Crippen LogP contribution < -0.4 is 14.8 Å². The maximum absolute atomic E-state index is 12.2. The summed E-state index contributed by atoms with van der Waals surface area (Å²) < 4.78 is 11.0. The maximum atomic E-state index is 12.2. The molecule has 1 amide bonds. The minimum absolute atomic E-state index is 0.114. The van der Waals surface area contributed by atoms with Gasteiger partial charge in [-0.2, -0.15) is 0 Å². The van der Waals surface area contributed by atoms with Gasteiger partial charge < -0.3 is 14.8 Å². The van der Waals surface area contributed by atoms with E-state index in [2.05, 4.69) is 51.2 Å². The van der Waals surface area contributed by atoms with Gasteiger partial charge in [-0.3, -0.25) is 4.79 Å². The Hall–Kier alpha value is -2.75. The lowest BCUT2D eigenvalue weighted by Crippen LogP contribution is -2.16. The number of ether oxygens (including phenoxy) is 2. The van der Waals surface area contributed by atoms with Gasteiger partial charge in [0.15, 0.2) is 11.5 Å². The van der Waals surface area contributed by atoms with Gasteiger partial charge in [0.1, 0.15) is 13.2 Å². The summed E-state index contributed by atoms with van der Waals surface area (Å²) in [5, 5.41) is 2.86. The van der Waals surface area contributed by atoms with Crippen LogP contribution in [0.2, 0.25) is 0 Å². The van der Waals surface area contributed by atoms with Crippen LogP contribution in [0, 0.1) is 6.92 Å². The van der Waals surface area contributed by atoms with E-state index in [4.69, 9.17) is 9.47 Å². The van der Waals surface area contributed by atoms with E-state index in [0.29, 0.717) is 30.4 Å². The van der Waals surface area contributed by atoms with Crippen LogP contribution in [0.4, 0.5) is 5.69 Å². The van der Waals surface area contributed by atoms with Crippen LogP contribution in [0.25, 0.3) is 6.08 Å². The van der Waals surface area contributed by atoms with Gasteiger partial charge in [0.05, 0.1) is 0 Å². The lowest BCUT2D eigenvalue weighted by Gasteiger charge is -2.20. The Morgan fingerprint density at radius 3 is 2.46 bits per heavy atom. The van der Waals surface area contributed by atoms with Crippen LogP contribution in [-0.2, 0) is 10.2 Å².